The van der Waals surface area contributed by atoms with Crippen molar-refractivity contribution < 1.29 is 4.79 Å². The summed E-state index contributed by atoms with van der Waals surface area (Å²) in [7, 11) is 0. The molecule has 2 aromatic carbocycles. The zero-order chi connectivity index (χ0) is 22.5. The van der Waals surface area contributed by atoms with Crippen molar-refractivity contribution in [3.05, 3.63) is 65.1 Å². The van der Waals surface area contributed by atoms with E-state index in [2.05, 4.69) is 59.5 Å². The molecule has 0 atom stereocenters. The maximum atomic E-state index is 13.7. The highest BCUT2D eigenvalue weighted by atomic mass is 32.2. The Balaban J connectivity index is 1.44. The number of benzene rings is 2. The topological polar surface area (TPSA) is 32.7 Å². The number of amidine groups is 1. The first-order valence-corrected chi connectivity index (χ1v) is 14.0. The standard InChI is InChI=1S/C28H32N2OS2/c31-27-26(20-21-12-10-11-19-25(21)32-24-17-8-3-9-18-24)33-28(29-22-13-4-1-5-14-22)30(27)23-15-6-2-7-16-23/h3,8-12,17-20,22-23H,1-2,4-7,13-16H2. The Kier molecular flexibility index (Phi) is 7.57. The molecule has 3 nitrogen and oxygen atoms in total. The van der Waals surface area contributed by atoms with E-state index < -0.39 is 0 Å². The van der Waals surface area contributed by atoms with Crippen LogP contribution in [0.5, 0.6) is 0 Å². The summed E-state index contributed by atoms with van der Waals surface area (Å²) in [6.45, 7) is 0. The molecule has 0 aromatic heterocycles. The molecule has 1 heterocycles. The van der Waals surface area contributed by atoms with Crippen LogP contribution in [0.3, 0.4) is 0 Å². The second-order valence-corrected chi connectivity index (χ2v) is 11.4. The Bertz CT molecular complexity index is 1020. The maximum Gasteiger partial charge on any atom is 0.267 e. The number of amides is 1. The summed E-state index contributed by atoms with van der Waals surface area (Å²) in [6.07, 6.45) is 14.2. The second kappa shape index (κ2) is 11.0. The van der Waals surface area contributed by atoms with E-state index in [1.807, 2.05) is 6.07 Å². The molecule has 172 valence electrons. The van der Waals surface area contributed by atoms with Crippen molar-refractivity contribution >= 4 is 40.7 Å². The molecule has 5 heteroatoms. The summed E-state index contributed by atoms with van der Waals surface area (Å²) >= 11 is 3.35. The molecule has 0 N–H and O–H groups in total. The smallest absolute Gasteiger partial charge is 0.267 e. The van der Waals surface area contributed by atoms with E-state index in [-0.39, 0.29) is 5.91 Å². The van der Waals surface area contributed by atoms with Gasteiger partial charge in [-0.05, 0) is 67.3 Å². The van der Waals surface area contributed by atoms with E-state index in [0.29, 0.717) is 12.1 Å². The first-order chi connectivity index (χ1) is 16.3. The van der Waals surface area contributed by atoms with Gasteiger partial charge in [0.2, 0.25) is 0 Å². The van der Waals surface area contributed by atoms with Crippen LogP contribution in [0.15, 0.2) is 74.3 Å². The zero-order valence-electron chi connectivity index (χ0n) is 19.1. The summed E-state index contributed by atoms with van der Waals surface area (Å²) in [6, 6.07) is 19.5. The lowest BCUT2D eigenvalue weighted by Crippen LogP contribution is -2.41. The van der Waals surface area contributed by atoms with Crippen LogP contribution >= 0.6 is 23.5 Å². The van der Waals surface area contributed by atoms with Crippen molar-refractivity contribution in [3.8, 4) is 0 Å². The van der Waals surface area contributed by atoms with Gasteiger partial charge < -0.3 is 0 Å². The number of hydrogen-bond donors (Lipinski definition) is 0. The third kappa shape index (κ3) is 5.58. The van der Waals surface area contributed by atoms with Crippen LogP contribution in [0.4, 0.5) is 0 Å². The van der Waals surface area contributed by atoms with Crippen molar-refractivity contribution in [2.45, 2.75) is 86.1 Å². The van der Waals surface area contributed by atoms with Crippen LogP contribution in [-0.2, 0) is 4.79 Å². The van der Waals surface area contributed by atoms with E-state index in [4.69, 9.17) is 4.99 Å². The third-order valence-corrected chi connectivity index (χ3v) is 8.92. The Morgan fingerprint density at radius 1 is 0.848 bits per heavy atom. The fourth-order valence-corrected chi connectivity index (χ4v) is 7.09. The van der Waals surface area contributed by atoms with E-state index >= 15 is 0 Å². The fourth-order valence-electron chi connectivity index (χ4n) is 5.05. The SMILES string of the molecule is O=C1C(=Cc2ccccc2Sc2ccccc2)SC(=NC2CCCCC2)N1C1CCCCC1. The Labute approximate surface area is 206 Å². The van der Waals surface area contributed by atoms with Gasteiger partial charge >= 0.3 is 0 Å². The summed E-state index contributed by atoms with van der Waals surface area (Å²) < 4.78 is 0. The molecule has 2 aromatic rings. The first-order valence-electron chi connectivity index (χ1n) is 12.4. The molecule has 1 aliphatic heterocycles. The maximum absolute atomic E-state index is 13.7. The van der Waals surface area contributed by atoms with Crippen LogP contribution in [-0.4, -0.2) is 28.1 Å². The van der Waals surface area contributed by atoms with E-state index in [9.17, 15) is 4.79 Å². The quantitative estimate of drug-likeness (QED) is 0.413. The summed E-state index contributed by atoms with van der Waals surface area (Å²) in [4.78, 5) is 24.1. The van der Waals surface area contributed by atoms with Crippen molar-refractivity contribution in [3.63, 3.8) is 0 Å². The number of rotatable bonds is 5. The highest BCUT2D eigenvalue weighted by molar-refractivity contribution is 8.18. The lowest BCUT2D eigenvalue weighted by molar-refractivity contribution is -0.124. The molecule has 1 saturated heterocycles. The lowest BCUT2D eigenvalue weighted by Gasteiger charge is -2.31. The van der Waals surface area contributed by atoms with Gasteiger partial charge in [0.1, 0.15) is 0 Å². The van der Waals surface area contributed by atoms with Crippen LogP contribution in [0.2, 0.25) is 0 Å². The van der Waals surface area contributed by atoms with Gasteiger partial charge in [-0.3, -0.25) is 14.7 Å². The van der Waals surface area contributed by atoms with Crippen LogP contribution < -0.4 is 0 Å². The van der Waals surface area contributed by atoms with Gasteiger partial charge in [-0.2, -0.15) is 0 Å². The van der Waals surface area contributed by atoms with E-state index in [1.165, 1.54) is 48.3 Å². The van der Waals surface area contributed by atoms with Gasteiger partial charge in [0.15, 0.2) is 5.17 Å². The molecule has 5 rings (SSSR count). The molecule has 0 bridgehead atoms. The molecule has 33 heavy (non-hydrogen) atoms. The van der Waals surface area contributed by atoms with E-state index in [1.54, 1.807) is 23.5 Å². The molecule has 0 spiro atoms. The highest BCUT2D eigenvalue weighted by Gasteiger charge is 2.39. The van der Waals surface area contributed by atoms with Crippen molar-refractivity contribution in [1.29, 1.82) is 0 Å². The van der Waals surface area contributed by atoms with Gasteiger partial charge in [0.05, 0.1) is 10.9 Å². The lowest BCUT2D eigenvalue weighted by atomic mass is 9.94. The molecule has 0 radical (unpaired) electrons. The molecule has 0 unspecified atom stereocenters. The fraction of sp³-hybridized carbons (Fsp3) is 0.429. The van der Waals surface area contributed by atoms with Gasteiger partial charge in [0.25, 0.3) is 5.91 Å². The summed E-state index contributed by atoms with van der Waals surface area (Å²) in [5.74, 6) is 0.154. The number of aliphatic imine (C=N–C) groups is 1. The molecule has 2 aliphatic carbocycles. The van der Waals surface area contributed by atoms with Gasteiger partial charge in [-0.15, -0.1) is 0 Å². The number of thioether (sulfide) groups is 1. The predicted octanol–water partition coefficient (Wildman–Crippen LogP) is 7.78. The van der Waals surface area contributed by atoms with Gasteiger partial charge in [-0.25, -0.2) is 0 Å². The predicted molar refractivity (Wildman–Crippen MR) is 141 cm³/mol. The van der Waals surface area contributed by atoms with Crippen molar-refractivity contribution in [2.24, 2.45) is 4.99 Å². The largest absolute Gasteiger partial charge is 0.284 e. The number of hydrogen-bond acceptors (Lipinski definition) is 4. The second-order valence-electron chi connectivity index (χ2n) is 9.23. The minimum atomic E-state index is 0.154. The molecular weight excluding hydrogens is 444 g/mol. The first kappa shape index (κ1) is 22.8. The number of carbonyl (C=O) groups is 1. The Hall–Kier alpha value is -1.98. The third-order valence-electron chi connectivity index (χ3n) is 6.82. The summed E-state index contributed by atoms with van der Waals surface area (Å²) in [5, 5.41) is 0.957. The van der Waals surface area contributed by atoms with Gasteiger partial charge in [-0.1, -0.05) is 86.7 Å². The molecule has 3 aliphatic rings. The molecule has 2 saturated carbocycles. The molecule has 3 fully saturated rings. The van der Waals surface area contributed by atoms with Gasteiger partial charge in [0, 0.05) is 15.8 Å². The number of nitrogens with zero attached hydrogens (tertiary/aromatic N) is 2. The minimum absolute atomic E-state index is 0.154. The van der Waals surface area contributed by atoms with Crippen molar-refractivity contribution in [1.82, 2.24) is 4.90 Å². The Morgan fingerprint density at radius 2 is 1.52 bits per heavy atom. The monoisotopic (exact) mass is 476 g/mol. The van der Waals surface area contributed by atoms with Crippen molar-refractivity contribution in [2.75, 3.05) is 0 Å². The summed E-state index contributed by atoms with van der Waals surface area (Å²) in [5.41, 5.74) is 1.10. The molecule has 1 amide bonds. The average molecular weight is 477 g/mol. The number of carbonyl (C=O) groups excluding carboxylic acids is 1. The highest BCUT2D eigenvalue weighted by Crippen LogP contribution is 2.40. The normalized spacial score (nSPS) is 23.0. The van der Waals surface area contributed by atoms with Crippen LogP contribution in [0.1, 0.15) is 69.8 Å². The zero-order valence-corrected chi connectivity index (χ0v) is 20.8. The molecular formula is C28H32N2OS2. The Morgan fingerprint density at radius 3 is 2.27 bits per heavy atom. The van der Waals surface area contributed by atoms with Crippen LogP contribution in [0.25, 0.3) is 6.08 Å². The van der Waals surface area contributed by atoms with Crippen LogP contribution in [0, 0.1) is 0 Å². The van der Waals surface area contributed by atoms with E-state index in [0.717, 1.165) is 41.3 Å². The average Bonchev–Trinajstić information content (AvgIpc) is 3.16. The minimum Gasteiger partial charge on any atom is -0.284 e.